The second kappa shape index (κ2) is 5.70. The molecule has 23 heavy (non-hydrogen) atoms. The van der Waals surface area contributed by atoms with Gasteiger partial charge in [-0.15, -0.1) is 0 Å². The third-order valence-electron chi connectivity index (χ3n) is 6.51. The van der Waals surface area contributed by atoms with Gasteiger partial charge in [0.1, 0.15) is 0 Å². The summed E-state index contributed by atoms with van der Waals surface area (Å²) in [6.07, 6.45) is 13.8. The third-order valence-corrected chi connectivity index (χ3v) is 6.51. The number of furan rings is 1. The smallest absolute Gasteiger partial charge is 0.331 e. The van der Waals surface area contributed by atoms with E-state index in [0.717, 1.165) is 31.2 Å². The summed E-state index contributed by atoms with van der Waals surface area (Å²) in [7, 11) is 0. The van der Waals surface area contributed by atoms with Crippen molar-refractivity contribution in [2.45, 2.75) is 46.5 Å². The average Bonchev–Trinajstić information content (AvgIpc) is 3.02. The van der Waals surface area contributed by atoms with Crippen molar-refractivity contribution >= 4 is 12.0 Å². The van der Waals surface area contributed by atoms with Crippen molar-refractivity contribution in [3.05, 3.63) is 41.9 Å². The van der Waals surface area contributed by atoms with Crippen molar-refractivity contribution < 1.29 is 14.3 Å². The van der Waals surface area contributed by atoms with Crippen molar-refractivity contribution in [1.29, 1.82) is 0 Å². The predicted molar refractivity (Wildman–Crippen MR) is 90.8 cm³/mol. The molecule has 1 aromatic heterocycles. The summed E-state index contributed by atoms with van der Waals surface area (Å²) in [6, 6.07) is 1.95. The molecule has 3 rings (SSSR count). The number of carbonyl (C=O) groups is 1. The van der Waals surface area contributed by atoms with Crippen LogP contribution in [0.5, 0.6) is 0 Å². The molecule has 3 heteroatoms. The van der Waals surface area contributed by atoms with Gasteiger partial charge in [0.2, 0.25) is 0 Å². The molecular weight excluding hydrogens is 288 g/mol. The molecule has 0 radical (unpaired) electrons. The Morgan fingerprint density at radius 3 is 2.83 bits per heavy atom. The molecule has 1 N–H and O–H groups in total. The van der Waals surface area contributed by atoms with Gasteiger partial charge >= 0.3 is 5.97 Å². The van der Waals surface area contributed by atoms with Crippen LogP contribution in [-0.4, -0.2) is 11.1 Å². The van der Waals surface area contributed by atoms with E-state index in [1.807, 2.05) is 12.1 Å². The zero-order chi connectivity index (χ0) is 16.7. The Kier molecular flexibility index (Phi) is 3.99. The van der Waals surface area contributed by atoms with Gasteiger partial charge in [-0.3, -0.25) is 0 Å². The lowest BCUT2D eigenvalue weighted by atomic mass is 9.47. The summed E-state index contributed by atoms with van der Waals surface area (Å²) in [5, 5.41) is 9.66. The second-order valence-corrected chi connectivity index (χ2v) is 7.67. The molecule has 2 aliphatic rings. The first-order valence-corrected chi connectivity index (χ1v) is 8.53. The number of fused-ring (bicyclic) bond motifs is 1. The van der Waals surface area contributed by atoms with Gasteiger partial charge in [0.05, 0.1) is 12.5 Å². The standard InChI is InChI=1S/C20H26O3/c1-14-7-10-20(3)16(18(21)22)5-4-6-17(20)19(14,2)11-8-15-9-12-23-13-15/h5,8-9,11-14,17H,4,6-7,10H2,1-3H3,(H,21,22)/t14-,17-,19-,20+/m1/s1. The number of carboxylic acid groups (broad SMARTS) is 1. The van der Waals surface area contributed by atoms with E-state index in [0.29, 0.717) is 17.4 Å². The summed E-state index contributed by atoms with van der Waals surface area (Å²) in [4.78, 5) is 11.8. The van der Waals surface area contributed by atoms with Gasteiger partial charge in [-0.25, -0.2) is 4.79 Å². The molecule has 124 valence electrons. The van der Waals surface area contributed by atoms with E-state index >= 15 is 0 Å². The molecule has 0 bridgehead atoms. The van der Waals surface area contributed by atoms with E-state index in [9.17, 15) is 9.90 Å². The van der Waals surface area contributed by atoms with Gasteiger partial charge in [0.25, 0.3) is 0 Å². The normalized spacial score (nSPS) is 37.4. The highest BCUT2D eigenvalue weighted by molar-refractivity contribution is 5.88. The maximum absolute atomic E-state index is 11.8. The minimum Gasteiger partial charge on any atom is -0.478 e. The molecule has 1 fully saturated rings. The number of hydrogen-bond donors (Lipinski definition) is 1. The fourth-order valence-corrected chi connectivity index (χ4v) is 4.87. The highest BCUT2D eigenvalue weighted by Gasteiger charge is 2.54. The molecule has 3 nitrogen and oxygen atoms in total. The van der Waals surface area contributed by atoms with Crippen LogP contribution in [0.1, 0.15) is 52.0 Å². The lowest BCUT2D eigenvalue weighted by molar-refractivity contribution is -0.136. The van der Waals surface area contributed by atoms with Crippen molar-refractivity contribution in [1.82, 2.24) is 0 Å². The molecule has 1 aromatic rings. The maximum Gasteiger partial charge on any atom is 0.331 e. The van der Waals surface area contributed by atoms with Crippen LogP contribution in [0.25, 0.3) is 6.08 Å². The largest absolute Gasteiger partial charge is 0.478 e. The van der Waals surface area contributed by atoms with Gasteiger partial charge in [0.15, 0.2) is 0 Å². The Hall–Kier alpha value is -1.77. The van der Waals surface area contributed by atoms with Crippen LogP contribution in [0.3, 0.4) is 0 Å². The molecule has 1 saturated carbocycles. The van der Waals surface area contributed by atoms with E-state index in [-0.39, 0.29) is 10.8 Å². The highest BCUT2D eigenvalue weighted by Crippen LogP contribution is 2.61. The van der Waals surface area contributed by atoms with Crippen molar-refractivity contribution in [3.8, 4) is 0 Å². The lowest BCUT2D eigenvalue weighted by Gasteiger charge is -2.56. The molecule has 4 atom stereocenters. The average molecular weight is 314 g/mol. The van der Waals surface area contributed by atoms with Crippen LogP contribution in [-0.2, 0) is 4.79 Å². The molecule has 0 amide bonds. The fourth-order valence-electron chi connectivity index (χ4n) is 4.87. The topological polar surface area (TPSA) is 50.4 Å². The molecule has 1 heterocycles. The van der Waals surface area contributed by atoms with E-state index in [1.54, 1.807) is 12.5 Å². The van der Waals surface area contributed by atoms with Crippen molar-refractivity contribution in [3.63, 3.8) is 0 Å². The monoisotopic (exact) mass is 314 g/mol. The van der Waals surface area contributed by atoms with Gasteiger partial charge in [-0.05, 0) is 49.0 Å². The first-order valence-electron chi connectivity index (χ1n) is 8.53. The van der Waals surface area contributed by atoms with E-state index in [2.05, 4.69) is 32.9 Å². The molecule has 0 aromatic carbocycles. The Balaban J connectivity index is 1.99. The number of rotatable bonds is 3. The van der Waals surface area contributed by atoms with Crippen LogP contribution in [0.2, 0.25) is 0 Å². The minimum atomic E-state index is -0.743. The summed E-state index contributed by atoms with van der Waals surface area (Å²) in [6.45, 7) is 6.77. The fraction of sp³-hybridized carbons (Fsp3) is 0.550. The molecule has 0 unspecified atom stereocenters. The Morgan fingerprint density at radius 1 is 1.39 bits per heavy atom. The van der Waals surface area contributed by atoms with E-state index in [1.165, 1.54) is 0 Å². The van der Waals surface area contributed by atoms with Crippen LogP contribution in [0, 0.1) is 22.7 Å². The zero-order valence-corrected chi connectivity index (χ0v) is 14.2. The van der Waals surface area contributed by atoms with E-state index < -0.39 is 5.97 Å². The van der Waals surface area contributed by atoms with Gasteiger partial charge in [-0.2, -0.15) is 0 Å². The minimum absolute atomic E-state index is 0.000764. The molecule has 0 aliphatic heterocycles. The van der Waals surface area contributed by atoms with Crippen LogP contribution < -0.4 is 0 Å². The summed E-state index contributed by atoms with van der Waals surface area (Å²) in [5.41, 5.74) is 1.46. The van der Waals surface area contributed by atoms with Crippen molar-refractivity contribution in [2.24, 2.45) is 22.7 Å². The molecule has 0 saturated heterocycles. The quantitative estimate of drug-likeness (QED) is 0.838. The molecule has 0 spiro atoms. The number of aliphatic carboxylic acids is 1. The zero-order valence-electron chi connectivity index (χ0n) is 14.2. The summed E-state index contributed by atoms with van der Waals surface area (Å²) < 4.78 is 5.15. The van der Waals surface area contributed by atoms with Gasteiger partial charge in [-0.1, -0.05) is 39.0 Å². The lowest BCUT2D eigenvalue weighted by Crippen LogP contribution is -2.50. The SMILES string of the molecule is C[C@@H]1CC[C@@]2(C)C(C(=O)O)=CCC[C@@H]2[C@]1(C)C=Cc1ccoc1. The predicted octanol–water partition coefficient (Wildman–Crippen LogP) is 5.16. The highest BCUT2D eigenvalue weighted by atomic mass is 16.4. The summed E-state index contributed by atoms with van der Waals surface area (Å²) in [5.74, 6) is 0.155. The Morgan fingerprint density at radius 2 is 2.17 bits per heavy atom. The third kappa shape index (κ3) is 2.56. The number of carboxylic acids is 1. The molecular formula is C20H26O3. The first-order chi connectivity index (χ1) is 10.9. The van der Waals surface area contributed by atoms with Gasteiger partial charge < -0.3 is 9.52 Å². The van der Waals surface area contributed by atoms with Crippen molar-refractivity contribution in [2.75, 3.05) is 0 Å². The van der Waals surface area contributed by atoms with Crippen LogP contribution in [0.15, 0.2) is 40.7 Å². The second-order valence-electron chi connectivity index (χ2n) is 7.67. The first kappa shape index (κ1) is 16.1. The Bertz CT molecular complexity index is 640. The molecule has 2 aliphatic carbocycles. The maximum atomic E-state index is 11.8. The number of allylic oxidation sites excluding steroid dienone is 2. The number of hydrogen-bond acceptors (Lipinski definition) is 2. The van der Waals surface area contributed by atoms with E-state index in [4.69, 9.17) is 4.42 Å². The summed E-state index contributed by atoms with van der Waals surface area (Å²) >= 11 is 0. The Labute approximate surface area is 138 Å². The van der Waals surface area contributed by atoms with Gasteiger partial charge in [0, 0.05) is 16.6 Å². The van der Waals surface area contributed by atoms with Crippen LogP contribution >= 0.6 is 0 Å². The van der Waals surface area contributed by atoms with Crippen LogP contribution in [0.4, 0.5) is 0 Å².